The van der Waals surface area contributed by atoms with E-state index < -0.39 is 0 Å². The van der Waals surface area contributed by atoms with E-state index in [9.17, 15) is 0 Å². The van der Waals surface area contributed by atoms with Crippen LogP contribution in [-0.2, 0) is 11.3 Å². The van der Waals surface area contributed by atoms with Crippen LogP contribution in [0.5, 0.6) is 0 Å². The summed E-state index contributed by atoms with van der Waals surface area (Å²) < 4.78 is 5.87. The molecule has 2 aliphatic heterocycles. The Labute approximate surface area is 119 Å². The molecule has 1 aromatic heterocycles. The Morgan fingerprint density at radius 2 is 2.40 bits per heavy atom. The fourth-order valence-electron chi connectivity index (χ4n) is 2.94. The summed E-state index contributed by atoms with van der Waals surface area (Å²) in [6.07, 6.45) is 6.09. The third-order valence-electron chi connectivity index (χ3n) is 3.90. The largest absolute Gasteiger partial charge is 0.373 e. The van der Waals surface area contributed by atoms with E-state index in [-0.39, 0.29) is 0 Å². The number of pyridine rings is 1. The van der Waals surface area contributed by atoms with Crippen LogP contribution in [0.4, 0.5) is 0 Å². The van der Waals surface area contributed by atoms with Crippen molar-refractivity contribution in [3.63, 3.8) is 0 Å². The first-order valence-corrected chi connectivity index (χ1v) is 7.45. The molecular formula is C15H22N4O. The molecule has 0 saturated carbocycles. The van der Waals surface area contributed by atoms with Gasteiger partial charge in [-0.25, -0.2) is 4.99 Å². The average Bonchev–Trinajstić information content (AvgIpc) is 3.09. The van der Waals surface area contributed by atoms with Crippen LogP contribution in [-0.4, -0.2) is 35.7 Å². The number of fused-ring (bicyclic) bond motifs is 2. The van der Waals surface area contributed by atoms with Crippen LogP contribution in [0.2, 0.25) is 0 Å². The Hall–Kier alpha value is -1.62. The first-order valence-electron chi connectivity index (χ1n) is 7.45. The predicted octanol–water partition coefficient (Wildman–Crippen LogP) is 1.46. The van der Waals surface area contributed by atoms with Crippen molar-refractivity contribution < 1.29 is 4.74 Å². The van der Waals surface area contributed by atoms with Crippen molar-refractivity contribution >= 4 is 5.96 Å². The maximum Gasteiger partial charge on any atom is 0.191 e. The minimum atomic E-state index is 0.360. The number of guanidine groups is 1. The van der Waals surface area contributed by atoms with Crippen LogP contribution >= 0.6 is 0 Å². The van der Waals surface area contributed by atoms with E-state index >= 15 is 0 Å². The molecule has 0 unspecified atom stereocenters. The Morgan fingerprint density at radius 1 is 1.45 bits per heavy atom. The third-order valence-corrected chi connectivity index (χ3v) is 3.90. The summed E-state index contributed by atoms with van der Waals surface area (Å²) in [5, 5.41) is 6.80. The number of aromatic nitrogens is 1. The van der Waals surface area contributed by atoms with Gasteiger partial charge in [-0.15, -0.1) is 0 Å². The number of ether oxygens (including phenoxy) is 1. The number of aliphatic imine (C=N–C) groups is 1. The topological polar surface area (TPSA) is 58.5 Å². The molecule has 5 nitrogen and oxygen atoms in total. The molecule has 108 valence electrons. The Balaban J connectivity index is 1.60. The molecule has 3 rings (SSSR count). The molecule has 2 saturated heterocycles. The summed E-state index contributed by atoms with van der Waals surface area (Å²) in [6.45, 7) is 3.53. The lowest BCUT2D eigenvalue weighted by molar-refractivity contribution is 0.0992. The molecule has 20 heavy (non-hydrogen) atoms. The van der Waals surface area contributed by atoms with E-state index in [1.54, 1.807) is 6.20 Å². The number of rotatable bonds is 4. The molecule has 0 amide bonds. The molecular weight excluding hydrogens is 252 g/mol. The summed E-state index contributed by atoms with van der Waals surface area (Å²) in [7, 11) is 0. The smallest absolute Gasteiger partial charge is 0.191 e. The second-order valence-electron chi connectivity index (χ2n) is 5.38. The Morgan fingerprint density at radius 3 is 3.05 bits per heavy atom. The molecule has 2 bridgehead atoms. The molecule has 2 aliphatic rings. The van der Waals surface area contributed by atoms with E-state index in [0.717, 1.165) is 24.6 Å². The van der Waals surface area contributed by atoms with Gasteiger partial charge in [0, 0.05) is 12.7 Å². The monoisotopic (exact) mass is 274 g/mol. The predicted molar refractivity (Wildman–Crippen MR) is 78.5 cm³/mol. The minimum absolute atomic E-state index is 0.360. The van der Waals surface area contributed by atoms with Gasteiger partial charge in [-0.05, 0) is 38.3 Å². The van der Waals surface area contributed by atoms with Crippen LogP contribution in [0.25, 0.3) is 0 Å². The van der Waals surface area contributed by atoms with Crippen molar-refractivity contribution in [3.8, 4) is 0 Å². The minimum Gasteiger partial charge on any atom is -0.373 e. The van der Waals surface area contributed by atoms with Gasteiger partial charge in [0.15, 0.2) is 5.96 Å². The number of hydrogen-bond acceptors (Lipinski definition) is 3. The highest BCUT2D eigenvalue weighted by Gasteiger charge is 2.41. The maximum atomic E-state index is 5.87. The average molecular weight is 274 g/mol. The fourth-order valence-corrected chi connectivity index (χ4v) is 2.94. The van der Waals surface area contributed by atoms with Crippen LogP contribution in [0, 0.1) is 0 Å². The molecule has 2 fully saturated rings. The van der Waals surface area contributed by atoms with Gasteiger partial charge in [0.25, 0.3) is 0 Å². The molecule has 3 heterocycles. The summed E-state index contributed by atoms with van der Waals surface area (Å²) in [6, 6.07) is 6.30. The SMILES string of the molecule is CCNC(=NCc1ccccn1)N[C@@H]1C[C@H]2CC[C@@H]1O2. The van der Waals surface area contributed by atoms with Crippen molar-refractivity contribution in [3.05, 3.63) is 30.1 Å². The molecule has 0 aromatic carbocycles. The van der Waals surface area contributed by atoms with E-state index in [4.69, 9.17) is 4.74 Å². The second-order valence-corrected chi connectivity index (χ2v) is 5.38. The summed E-state index contributed by atoms with van der Waals surface area (Å²) in [5.41, 5.74) is 0.980. The number of hydrogen-bond donors (Lipinski definition) is 2. The normalized spacial score (nSPS) is 28.6. The van der Waals surface area contributed by atoms with Gasteiger partial charge in [-0.1, -0.05) is 6.07 Å². The van der Waals surface area contributed by atoms with Gasteiger partial charge < -0.3 is 15.4 Å². The molecule has 5 heteroatoms. The second kappa shape index (κ2) is 6.22. The van der Waals surface area contributed by atoms with Gasteiger partial charge in [-0.2, -0.15) is 0 Å². The van der Waals surface area contributed by atoms with E-state index in [1.807, 2.05) is 18.2 Å². The van der Waals surface area contributed by atoms with Crippen molar-refractivity contribution in [1.29, 1.82) is 0 Å². The van der Waals surface area contributed by atoms with Crippen molar-refractivity contribution in [1.82, 2.24) is 15.6 Å². The number of nitrogens with one attached hydrogen (secondary N) is 2. The zero-order chi connectivity index (χ0) is 13.8. The Kier molecular flexibility index (Phi) is 4.16. The summed E-state index contributed by atoms with van der Waals surface area (Å²) in [5.74, 6) is 0.860. The van der Waals surface area contributed by atoms with Crippen LogP contribution < -0.4 is 10.6 Å². The highest BCUT2D eigenvalue weighted by Crippen LogP contribution is 2.34. The van der Waals surface area contributed by atoms with E-state index in [2.05, 4.69) is 27.5 Å². The van der Waals surface area contributed by atoms with Crippen LogP contribution in [0.1, 0.15) is 31.9 Å². The number of nitrogens with zero attached hydrogens (tertiary/aromatic N) is 2. The van der Waals surface area contributed by atoms with E-state index in [0.29, 0.717) is 24.8 Å². The molecule has 0 spiro atoms. The first-order chi connectivity index (χ1) is 9.85. The summed E-state index contributed by atoms with van der Waals surface area (Å²) in [4.78, 5) is 8.90. The van der Waals surface area contributed by atoms with Gasteiger partial charge in [0.05, 0.1) is 30.5 Å². The van der Waals surface area contributed by atoms with Gasteiger partial charge in [0.1, 0.15) is 0 Å². The van der Waals surface area contributed by atoms with Crippen LogP contribution in [0.15, 0.2) is 29.4 Å². The summed E-state index contributed by atoms with van der Waals surface area (Å²) >= 11 is 0. The van der Waals surface area contributed by atoms with Gasteiger partial charge in [-0.3, -0.25) is 4.98 Å². The zero-order valence-corrected chi connectivity index (χ0v) is 11.9. The molecule has 0 radical (unpaired) electrons. The van der Waals surface area contributed by atoms with Crippen LogP contribution in [0.3, 0.4) is 0 Å². The lowest BCUT2D eigenvalue weighted by Gasteiger charge is -2.22. The highest BCUT2D eigenvalue weighted by molar-refractivity contribution is 5.80. The molecule has 0 aliphatic carbocycles. The lowest BCUT2D eigenvalue weighted by atomic mass is 9.96. The first kappa shape index (κ1) is 13.4. The molecule has 3 atom stereocenters. The fraction of sp³-hybridized carbons (Fsp3) is 0.600. The van der Waals surface area contributed by atoms with Crippen molar-refractivity contribution in [2.24, 2.45) is 4.99 Å². The van der Waals surface area contributed by atoms with Crippen molar-refractivity contribution in [2.75, 3.05) is 6.54 Å². The highest BCUT2D eigenvalue weighted by atomic mass is 16.5. The van der Waals surface area contributed by atoms with E-state index in [1.165, 1.54) is 12.8 Å². The Bertz CT molecular complexity index is 462. The maximum absolute atomic E-state index is 5.87. The quantitative estimate of drug-likeness (QED) is 0.644. The standard InChI is InChI=1S/C15H22N4O/c1-2-16-15(18-10-11-5-3-4-8-17-11)19-13-9-12-6-7-14(13)20-12/h3-5,8,12-14H,2,6-7,9-10H2,1H3,(H2,16,18,19)/t12-,13-,14+/m1/s1. The third kappa shape index (κ3) is 3.10. The zero-order valence-electron chi connectivity index (χ0n) is 11.9. The molecule has 2 N–H and O–H groups in total. The van der Waals surface area contributed by atoms with Gasteiger partial charge >= 0.3 is 0 Å². The lowest BCUT2D eigenvalue weighted by Crippen LogP contribution is -2.47. The molecule has 1 aromatic rings. The van der Waals surface area contributed by atoms with Gasteiger partial charge in [0.2, 0.25) is 0 Å². The van der Waals surface area contributed by atoms with Crippen molar-refractivity contribution in [2.45, 2.75) is 51.0 Å².